The number of hydrogen-bond acceptors (Lipinski definition) is 5. The third kappa shape index (κ3) is 4.11. The molecule has 0 radical (unpaired) electrons. The number of carbonyl (C=O) groups excluding carboxylic acids is 4. The van der Waals surface area contributed by atoms with E-state index in [1.165, 1.54) is 11.8 Å². The van der Waals surface area contributed by atoms with Gasteiger partial charge in [-0.2, -0.15) is 0 Å². The van der Waals surface area contributed by atoms with Gasteiger partial charge < -0.3 is 9.64 Å². The quantitative estimate of drug-likeness (QED) is 0.556. The lowest BCUT2D eigenvalue weighted by molar-refractivity contribution is -0.156. The molecule has 6 nitrogen and oxygen atoms in total. The van der Waals surface area contributed by atoms with E-state index in [0.717, 1.165) is 0 Å². The summed E-state index contributed by atoms with van der Waals surface area (Å²) in [5.41, 5.74) is 1.66. The van der Waals surface area contributed by atoms with Crippen molar-refractivity contribution in [3.8, 4) is 0 Å². The van der Waals surface area contributed by atoms with Crippen molar-refractivity contribution in [3.63, 3.8) is 0 Å². The number of esters is 1. The van der Waals surface area contributed by atoms with Gasteiger partial charge in [-0.1, -0.05) is 42.5 Å². The summed E-state index contributed by atoms with van der Waals surface area (Å²) < 4.78 is 5.02. The summed E-state index contributed by atoms with van der Waals surface area (Å²) in [5, 5.41) is 0. The van der Waals surface area contributed by atoms with Crippen LogP contribution in [0, 0.1) is 0 Å². The molecule has 0 spiro atoms. The first-order chi connectivity index (χ1) is 13.8. The fraction of sp³-hybridized carbons (Fsp3) is 0.304. The first kappa shape index (κ1) is 20.5. The molecule has 150 valence electrons. The van der Waals surface area contributed by atoms with Crippen LogP contribution in [-0.4, -0.2) is 35.6 Å². The maximum absolute atomic E-state index is 13.2. The molecule has 29 heavy (non-hydrogen) atoms. The number of Topliss-reactive ketones (excluding diaryl/α,β-unsaturated/α-hetero) is 2. The van der Waals surface area contributed by atoms with Crippen molar-refractivity contribution in [2.75, 3.05) is 4.90 Å². The standard InChI is InChI=1S/C23H23NO5/c1-14(2)29-23(28)20(26)13-18(16-9-5-4-6-10-16)21-22(27)17-11-7-8-12-19(17)24(21)15(3)25/h4-12,14,18,21H,13H2,1-3H3/t18-,21+/m1/s1. The predicted molar refractivity (Wildman–Crippen MR) is 108 cm³/mol. The molecule has 0 aliphatic carbocycles. The van der Waals surface area contributed by atoms with Gasteiger partial charge in [-0.15, -0.1) is 0 Å². The predicted octanol–water partition coefficient (Wildman–Crippen LogP) is 3.30. The fourth-order valence-corrected chi connectivity index (χ4v) is 3.72. The first-order valence-corrected chi connectivity index (χ1v) is 9.53. The Hall–Kier alpha value is -3.28. The highest BCUT2D eigenvalue weighted by atomic mass is 16.5. The van der Waals surface area contributed by atoms with E-state index in [1.54, 1.807) is 62.4 Å². The van der Waals surface area contributed by atoms with E-state index in [0.29, 0.717) is 16.8 Å². The van der Waals surface area contributed by atoms with Crippen molar-refractivity contribution in [3.05, 3.63) is 65.7 Å². The second-order valence-corrected chi connectivity index (χ2v) is 7.31. The van der Waals surface area contributed by atoms with Gasteiger partial charge in [0.05, 0.1) is 11.8 Å². The van der Waals surface area contributed by atoms with Gasteiger partial charge in [-0.05, 0) is 31.5 Å². The minimum absolute atomic E-state index is 0.232. The average Bonchev–Trinajstić information content (AvgIpc) is 2.99. The van der Waals surface area contributed by atoms with Gasteiger partial charge in [0.15, 0.2) is 5.78 Å². The zero-order valence-electron chi connectivity index (χ0n) is 16.6. The van der Waals surface area contributed by atoms with Crippen molar-refractivity contribution in [1.82, 2.24) is 0 Å². The number of anilines is 1. The Morgan fingerprint density at radius 1 is 1.00 bits per heavy atom. The number of carbonyl (C=O) groups is 4. The normalized spacial score (nSPS) is 16.5. The maximum atomic E-state index is 13.2. The Balaban J connectivity index is 2.02. The minimum atomic E-state index is -0.932. The SMILES string of the molecule is CC(=O)N1c2ccccc2C(=O)[C@@H]1[C@H](CC(=O)C(=O)OC(C)C)c1ccccc1. The van der Waals surface area contributed by atoms with Gasteiger partial charge in [0.25, 0.3) is 0 Å². The van der Waals surface area contributed by atoms with Crippen molar-refractivity contribution in [1.29, 1.82) is 0 Å². The molecule has 0 fully saturated rings. The molecule has 1 aliphatic rings. The molecule has 0 unspecified atom stereocenters. The number of para-hydroxylation sites is 1. The average molecular weight is 393 g/mol. The highest BCUT2D eigenvalue weighted by molar-refractivity contribution is 6.34. The Morgan fingerprint density at radius 3 is 2.24 bits per heavy atom. The van der Waals surface area contributed by atoms with E-state index in [4.69, 9.17) is 4.74 Å². The molecule has 3 rings (SSSR count). The summed E-state index contributed by atoms with van der Waals surface area (Å²) in [6.45, 7) is 4.71. The Morgan fingerprint density at radius 2 is 1.62 bits per heavy atom. The van der Waals surface area contributed by atoms with E-state index in [9.17, 15) is 19.2 Å². The van der Waals surface area contributed by atoms with Crippen LogP contribution in [0.4, 0.5) is 5.69 Å². The molecule has 2 atom stereocenters. The number of rotatable bonds is 6. The number of benzene rings is 2. The van der Waals surface area contributed by atoms with Gasteiger partial charge in [0.2, 0.25) is 11.7 Å². The van der Waals surface area contributed by atoms with Crippen LogP contribution in [-0.2, 0) is 19.1 Å². The van der Waals surface area contributed by atoms with Crippen molar-refractivity contribution < 1.29 is 23.9 Å². The first-order valence-electron chi connectivity index (χ1n) is 9.53. The molecular formula is C23H23NO5. The lowest BCUT2D eigenvalue weighted by Gasteiger charge is -2.30. The van der Waals surface area contributed by atoms with Crippen LogP contribution in [0.2, 0.25) is 0 Å². The van der Waals surface area contributed by atoms with Crippen molar-refractivity contribution in [2.45, 2.75) is 45.3 Å². The Kier molecular flexibility index (Phi) is 5.92. The lowest BCUT2D eigenvalue weighted by atomic mass is 9.84. The number of hydrogen-bond donors (Lipinski definition) is 0. The smallest absolute Gasteiger partial charge is 0.374 e. The fourth-order valence-electron chi connectivity index (χ4n) is 3.72. The van der Waals surface area contributed by atoms with E-state index >= 15 is 0 Å². The summed E-state index contributed by atoms with van der Waals surface area (Å²) in [5.74, 6) is -2.87. The zero-order chi connectivity index (χ0) is 21.1. The Bertz CT molecular complexity index is 951. The topological polar surface area (TPSA) is 80.8 Å². The van der Waals surface area contributed by atoms with Crippen molar-refractivity contribution in [2.24, 2.45) is 0 Å². The molecular weight excluding hydrogens is 370 g/mol. The van der Waals surface area contributed by atoms with Crippen LogP contribution in [0.15, 0.2) is 54.6 Å². The maximum Gasteiger partial charge on any atom is 0.374 e. The molecule has 0 saturated heterocycles. The highest BCUT2D eigenvalue weighted by Crippen LogP contribution is 2.40. The number of ketones is 2. The van der Waals surface area contributed by atoms with Gasteiger partial charge in [0, 0.05) is 24.8 Å². The number of amides is 1. The van der Waals surface area contributed by atoms with Crippen LogP contribution in [0.1, 0.15) is 49.0 Å². The van der Waals surface area contributed by atoms with E-state index in [2.05, 4.69) is 0 Å². The Labute approximate surface area is 169 Å². The summed E-state index contributed by atoms with van der Waals surface area (Å²) in [6.07, 6.45) is -0.656. The summed E-state index contributed by atoms with van der Waals surface area (Å²) in [7, 11) is 0. The lowest BCUT2D eigenvalue weighted by Crippen LogP contribution is -2.44. The van der Waals surface area contributed by atoms with Gasteiger partial charge >= 0.3 is 5.97 Å². The molecule has 1 amide bonds. The van der Waals surface area contributed by atoms with Gasteiger partial charge in [-0.3, -0.25) is 14.4 Å². The van der Waals surface area contributed by atoms with Crippen LogP contribution >= 0.6 is 0 Å². The molecule has 2 aromatic carbocycles. The summed E-state index contributed by atoms with van der Waals surface area (Å²) in [6, 6.07) is 15.0. The summed E-state index contributed by atoms with van der Waals surface area (Å²) in [4.78, 5) is 51.8. The molecule has 0 aromatic heterocycles. The molecule has 0 bridgehead atoms. The molecule has 6 heteroatoms. The molecule has 1 heterocycles. The largest absolute Gasteiger partial charge is 0.457 e. The van der Waals surface area contributed by atoms with Crippen LogP contribution < -0.4 is 4.90 Å². The van der Waals surface area contributed by atoms with E-state index in [1.807, 2.05) is 6.07 Å². The zero-order valence-corrected chi connectivity index (χ0v) is 16.6. The van der Waals surface area contributed by atoms with Crippen LogP contribution in [0.25, 0.3) is 0 Å². The molecule has 0 N–H and O–H groups in total. The third-order valence-corrected chi connectivity index (χ3v) is 4.90. The molecule has 1 aliphatic heterocycles. The molecule has 2 aromatic rings. The van der Waals surface area contributed by atoms with Gasteiger partial charge in [-0.25, -0.2) is 4.79 Å². The van der Waals surface area contributed by atoms with Gasteiger partial charge in [0.1, 0.15) is 6.04 Å². The monoisotopic (exact) mass is 393 g/mol. The second kappa shape index (κ2) is 8.39. The number of fused-ring (bicyclic) bond motifs is 1. The van der Waals surface area contributed by atoms with E-state index in [-0.39, 0.29) is 18.1 Å². The van der Waals surface area contributed by atoms with Crippen molar-refractivity contribution >= 4 is 29.1 Å². The van der Waals surface area contributed by atoms with Crippen LogP contribution in [0.5, 0.6) is 0 Å². The van der Waals surface area contributed by atoms with Crippen LogP contribution in [0.3, 0.4) is 0 Å². The number of nitrogens with zero attached hydrogens (tertiary/aromatic N) is 1. The summed E-state index contributed by atoms with van der Waals surface area (Å²) >= 11 is 0. The molecule has 0 saturated carbocycles. The highest BCUT2D eigenvalue weighted by Gasteiger charge is 2.45. The second-order valence-electron chi connectivity index (χ2n) is 7.31. The number of ether oxygens (including phenoxy) is 1. The third-order valence-electron chi connectivity index (χ3n) is 4.90. The van der Waals surface area contributed by atoms with E-state index < -0.39 is 29.8 Å². The minimum Gasteiger partial charge on any atom is -0.457 e.